The highest BCUT2D eigenvalue weighted by molar-refractivity contribution is 5.91. The van der Waals surface area contributed by atoms with Gasteiger partial charge in [-0.1, -0.05) is 19.1 Å². The Labute approximate surface area is 183 Å². The second kappa shape index (κ2) is 9.89. The Hall–Kier alpha value is -2.29. The molecule has 2 amide bonds. The van der Waals surface area contributed by atoms with Crippen molar-refractivity contribution < 1.29 is 14.4 Å². The van der Waals surface area contributed by atoms with E-state index in [1.54, 1.807) is 12.3 Å². The number of nitrogens with one attached hydrogen (secondary N) is 3. The third-order valence-corrected chi connectivity index (χ3v) is 6.84. The summed E-state index contributed by atoms with van der Waals surface area (Å²) in [6.45, 7) is 6.08. The first-order chi connectivity index (χ1) is 15.1. The van der Waals surface area contributed by atoms with Gasteiger partial charge >= 0.3 is 0 Å². The first kappa shape index (κ1) is 21.9. The van der Waals surface area contributed by atoms with E-state index in [2.05, 4.69) is 43.8 Å². The Morgan fingerprint density at radius 3 is 2.87 bits per heavy atom. The molecule has 8 heteroatoms. The quantitative estimate of drug-likeness (QED) is 0.594. The van der Waals surface area contributed by atoms with Crippen LogP contribution < -0.4 is 16.1 Å². The zero-order chi connectivity index (χ0) is 21.8. The minimum Gasteiger partial charge on any atom is -0.352 e. The topological polar surface area (TPSA) is 95.6 Å². The van der Waals surface area contributed by atoms with Crippen molar-refractivity contribution in [2.24, 2.45) is 11.8 Å². The van der Waals surface area contributed by atoms with Crippen LogP contribution in [0.5, 0.6) is 0 Å². The highest BCUT2D eigenvalue weighted by atomic mass is 16.6. The summed E-state index contributed by atoms with van der Waals surface area (Å²) in [7, 11) is 1.40. The second-order valence-corrected chi connectivity index (χ2v) is 8.88. The van der Waals surface area contributed by atoms with Gasteiger partial charge in [-0.3, -0.25) is 24.3 Å². The molecule has 168 valence electrons. The van der Waals surface area contributed by atoms with Crippen LogP contribution in [0.1, 0.15) is 48.7 Å². The Balaban J connectivity index is 1.28. The Morgan fingerprint density at radius 2 is 2.19 bits per heavy atom. The zero-order valence-corrected chi connectivity index (χ0v) is 18.4. The summed E-state index contributed by atoms with van der Waals surface area (Å²) in [5.41, 5.74) is 4.95. The minimum absolute atomic E-state index is 0.161. The molecule has 4 unspecified atom stereocenters. The molecule has 3 aliphatic rings. The van der Waals surface area contributed by atoms with Crippen molar-refractivity contribution in [1.82, 2.24) is 26.0 Å². The maximum absolute atomic E-state index is 12.2. The van der Waals surface area contributed by atoms with Gasteiger partial charge in [0.2, 0.25) is 5.91 Å². The third kappa shape index (κ3) is 5.14. The largest absolute Gasteiger partial charge is 0.352 e. The van der Waals surface area contributed by atoms with Crippen LogP contribution >= 0.6 is 0 Å². The van der Waals surface area contributed by atoms with E-state index >= 15 is 0 Å². The van der Waals surface area contributed by atoms with Gasteiger partial charge in [0.05, 0.1) is 7.11 Å². The van der Waals surface area contributed by atoms with Crippen molar-refractivity contribution in [3.63, 3.8) is 0 Å². The average Bonchev–Trinajstić information content (AvgIpc) is 2.79. The number of rotatable bonds is 6. The van der Waals surface area contributed by atoms with Crippen molar-refractivity contribution >= 4 is 17.4 Å². The molecular weight excluding hydrogens is 394 g/mol. The van der Waals surface area contributed by atoms with E-state index in [-0.39, 0.29) is 23.8 Å². The number of piperidine rings is 2. The van der Waals surface area contributed by atoms with Crippen LogP contribution in [0.3, 0.4) is 0 Å². The number of hydrogen-bond donors (Lipinski definition) is 3. The van der Waals surface area contributed by atoms with Crippen LogP contribution in [0.25, 0.3) is 5.57 Å². The number of hydrogen-bond acceptors (Lipinski definition) is 6. The van der Waals surface area contributed by atoms with Crippen LogP contribution in [0.4, 0.5) is 0 Å². The first-order valence-corrected chi connectivity index (χ1v) is 11.3. The van der Waals surface area contributed by atoms with Crippen LogP contribution in [-0.2, 0) is 9.63 Å². The maximum atomic E-state index is 12.2. The number of pyridine rings is 1. The summed E-state index contributed by atoms with van der Waals surface area (Å²) < 4.78 is 0. The smallest absolute Gasteiger partial charge is 0.293 e. The summed E-state index contributed by atoms with van der Waals surface area (Å²) in [6.07, 6.45) is 7.93. The highest BCUT2D eigenvalue weighted by Gasteiger charge is 2.38. The number of nitrogens with zero attached hydrogens (tertiary/aromatic N) is 2. The molecule has 8 nitrogen and oxygen atoms in total. The van der Waals surface area contributed by atoms with E-state index in [4.69, 9.17) is 0 Å². The Bertz CT molecular complexity index is 825. The van der Waals surface area contributed by atoms with Crippen LogP contribution in [-0.4, -0.2) is 67.1 Å². The molecule has 1 aromatic heterocycles. The fourth-order valence-corrected chi connectivity index (χ4v) is 5.05. The molecule has 2 fully saturated rings. The van der Waals surface area contributed by atoms with Gasteiger partial charge in [-0.05, 0) is 55.3 Å². The van der Waals surface area contributed by atoms with E-state index in [9.17, 15) is 9.59 Å². The van der Waals surface area contributed by atoms with E-state index in [0.717, 1.165) is 57.4 Å². The summed E-state index contributed by atoms with van der Waals surface area (Å²) in [5.74, 6) is 0.598. The van der Waals surface area contributed by atoms with Crippen molar-refractivity contribution in [2.75, 3.05) is 33.3 Å². The SMILES string of the molecule is CCC1CC2NCC(CN3CC=C(c4ccc(C(=O)NOC)nc4)CC3)CC2NC1=O. The Kier molecular flexibility index (Phi) is 6.99. The predicted molar refractivity (Wildman–Crippen MR) is 118 cm³/mol. The lowest BCUT2D eigenvalue weighted by Crippen LogP contribution is -2.62. The van der Waals surface area contributed by atoms with Crippen LogP contribution in [0.15, 0.2) is 24.4 Å². The molecule has 0 aromatic carbocycles. The molecule has 4 atom stereocenters. The zero-order valence-electron chi connectivity index (χ0n) is 18.4. The molecule has 0 radical (unpaired) electrons. The Morgan fingerprint density at radius 1 is 1.32 bits per heavy atom. The molecule has 2 saturated heterocycles. The number of hydroxylamine groups is 1. The first-order valence-electron chi connectivity index (χ1n) is 11.3. The number of carbonyl (C=O) groups excluding carboxylic acids is 2. The van der Waals surface area contributed by atoms with E-state index in [1.165, 1.54) is 12.7 Å². The van der Waals surface area contributed by atoms with Gasteiger partial charge in [0.25, 0.3) is 5.91 Å². The highest BCUT2D eigenvalue weighted by Crippen LogP contribution is 2.28. The van der Waals surface area contributed by atoms with Crippen molar-refractivity contribution in [1.29, 1.82) is 0 Å². The van der Waals surface area contributed by atoms with Gasteiger partial charge in [-0.15, -0.1) is 0 Å². The third-order valence-electron chi connectivity index (χ3n) is 6.84. The normalized spacial score (nSPS) is 29.0. The average molecular weight is 428 g/mol. The lowest BCUT2D eigenvalue weighted by Gasteiger charge is -2.44. The molecule has 0 spiro atoms. The van der Waals surface area contributed by atoms with Gasteiger partial charge in [0, 0.05) is 43.8 Å². The van der Waals surface area contributed by atoms with Crippen LogP contribution in [0.2, 0.25) is 0 Å². The standard InChI is InChI=1S/C23H33N5O3/c1-3-16-11-20-21(26-22(16)29)10-15(12-24-20)14-28-8-6-17(7-9-28)18-4-5-19(25-13-18)23(30)27-31-2/h4-6,13,15-16,20-21,24H,3,7-12,14H2,1-2H3,(H,26,29)(H,27,30). The molecule has 0 bridgehead atoms. The minimum atomic E-state index is -0.347. The molecule has 4 rings (SSSR count). The summed E-state index contributed by atoms with van der Waals surface area (Å²) in [4.78, 5) is 35.4. The second-order valence-electron chi connectivity index (χ2n) is 8.88. The van der Waals surface area contributed by atoms with E-state index in [1.807, 2.05) is 6.07 Å². The van der Waals surface area contributed by atoms with E-state index < -0.39 is 0 Å². The summed E-state index contributed by atoms with van der Waals surface area (Å²) in [6, 6.07) is 4.36. The molecular formula is C23H33N5O3. The molecule has 31 heavy (non-hydrogen) atoms. The lowest BCUT2D eigenvalue weighted by atomic mass is 9.80. The summed E-state index contributed by atoms with van der Waals surface area (Å²) in [5, 5.41) is 6.96. The number of carbonyl (C=O) groups is 2. The summed E-state index contributed by atoms with van der Waals surface area (Å²) >= 11 is 0. The van der Waals surface area contributed by atoms with Gasteiger partial charge in [0.1, 0.15) is 5.69 Å². The van der Waals surface area contributed by atoms with Gasteiger partial charge in [0.15, 0.2) is 0 Å². The molecule has 4 heterocycles. The molecule has 3 aliphatic heterocycles. The van der Waals surface area contributed by atoms with Crippen molar-refractivity contribution in [3.8, 4) is 0 Å². The predicted octanol–water partition coefficient (Wildman–Crippen LogP) is 1.35. The molecule has 3 N–H and O–H groups in total. The molecule has 0 saturated carbocycles. The lowest BCUT2D eigenvalue weighted by molar-refractivity contribution is -0.129. The molecule has 1 aromatic rings. The molecule has 0 aliphatic carbocycles. The monoisotopic (exact) mass is 427 g/mol. The van der Waals surface area contributed by atoms with Crippen molar-refractivity contribution in [3.05, 3.63) is 35.7 Å². The van der Waals surface area contributed by atoms with Gasteiger partial charge in [-0.25, -0.2) is 5.48 Å². The van der Waals surface area contributed by atoms with Crippen molar-refractivity contribution in [2.45, 2.75) is 44.7 Å². The van der Waals surface area contributed by atoms with Gasteiger partial charge < -0.3 is 10.6 Å². The fourth-order valence-electron chi connectivity index (χ4n) is 5.05. The fraction of sp³-hybridized carbons (Fsp3) is 0.609. The number of fused-ring (bicyclic) bond motifs is 1. The van der Waals surface area contributed by atoms with E-state index in [0.29, 0.717) is 17.7 Å². The number of amides is 2. The number of aromatic nitrogens is 1. The van der Waals surface area contributed by atoms with Crippen LogP contribution in [0, 0.1) is 11.8 Å². The van der Waals surface area contributed by atoms with Gasteiger partial charge in [-0.2, -0.15) is 0 Å². The maximum Gasteiger partial charge on any atom is 0.293 e.